The zero-order valence-corrected chi connectivity index (χ0v) is 10.4. The SMILES string of the molecule is CC(C#N)N1CCC(n2cccc2C(=O)O)CC1. The van der Waals surface area contributed by atoms with Crippen LogP contribution in [0.5, 0.6) is 0 Å². The van der Waals surface area contributed by atoms with Crippen molar-refractivity contribution < 1.29 is 9.90 Å². The number of nitriles is 1. The molecule has 0 aromatic carbocycles. The summed E-state index contributed by atoms with van der Waals surface area (Å²) in [6.07, 6.45) is 3.61. The van der Waals surface area contributed by atoms with Gasteiger partial charge >= 0.3 is 5.97 Å². The molecule has 5 nitrogen and oxygen atoms in total. The van der Waals surface area contributed by atoms with Gasteiger partial charge in [-0.05, 0) is 31.9 Å². The van der Waals surface area contributed by atoms with Crippen molar-refractivity contribution in [2.45, 2.75) is 31.8 Å². The van der Waals surface area contributed by atoms with E-state index in [9.17, 15) is 4.79 Å². The number of piperidine rings is 1. The molecule has 1 atom stereocenters. The standard InChI is InChI=1S/C13H17N3O2/c1-10(9-14)15-7-4-11(5-8-15)16-6-2-3-12(16)13(17)18/h2-3,6,10-11H,4-5,7-8H2,1H3,(H,17,18). The van der Waals surface area contributed by atoms with E-state index in [1.54, 1.807) is 12.1 Å². The van der Waals surface area contributed by atoms with E-state index in [1.165, 1.54) is 0 Å². The predicted octanol–water partition coefficient (Wildman–Crippen LogP) is 1.74. The Balaban J connectivity index is 2.04. The third-order valence-corrected chi connectivity index (χ3v) is 3.63. The monoisotopic (exact) mass is 247 g/mol. The van der Waals surface area contributed by atoms with Crippen LogP contribution in [-0.4, -0.2) is 39.7 Å². The molecule has 1 aromatic rings. The van der Waals surface area contributed by atoms with Gasteiger partial charge in [-0.3, -0.25) is 4.90 Å². The molecule has 0 spiro atoms. The highest BCUT2D eigenvalue weighted by atomic mass is 16.4. The molecule has 1 aromatic heterocycles. The van der Waals surface area contributed by atoms with Crippen LogP contribution < -0.4 is 0 Å². The van der Waals surface area contributed by atoms with Crippen molar-refractivity contribution in [3.63, 3.8) is 0 Å². The first kappa shape index (κ1) is 12.7. The van der Waals surface area contributed by atoms with Crippen molar-refractivity contribution in [3.8, 4) is 6.07 Å². The lowest BCUT2D eigenvalue weighted by atomic mass is 10.0. The lowest BCUT2D eigenvalue weighted by Gasteiger charge is -2.34. The van der Waals surface area contributed by atoms with E-state index in [0.717, 1.165) is 25.9 Å². The molecule has 2 rings (SSSR count). The Labute approximate surface area is 106 Å². The average Bonchev–Trinajstić information content (AvgIpc) is 2.87. The predicted molar refractivity (Wildman–Crippen MR) is 66.3 cm³/mol. The minimum Gasteiger partial charge on any atom is -0.477 e. The lowest BCUT2D eigenvalue weighted by Crippen LogP contribution is -2.40. The van der Waals surface area contributed by atoms with Gasteiger partial charge in [0.2, 0.25) is 0 Å². The Morgan fingerprint density at radius 1 is 1.56 bits per heavy atom. The van der Waals surface area contributed by atoms with Crippen LogP contribution in [0.3, 0.4) is 0 Å². The van der Waals surface area contributed by atoms with Gasteiger partial charge in [-0.25, -0.2) is 4.79 Å². The third-order valence-electron chi connectivity index (χ3n) is 3.63. The molecule has 0 bridgehead atoms. The zero-order chi connectivity index (χ0) is 13.1. The molecule has 1 fully saturated rings. The highest BCUT2D eigenvalue weighted by Crippen LogP contribution is 2.25. The van der Waals surface area contributed by atoms with Crippen molar-refractivity contribution in [3.05, 3.63) is 24.0 Å². The number of hydrogen-bond donors (Lipinski definition) is 1. The number of likely N-dealkylation sites (tertiary alicyclic amines) is 1. The smallest absolute Gasteiger partial charge is 0.352 e. The molecule has 1 N–H and O–H groups in total. The number of carboxylic acids is 1. The summed E-state index contributed by atoms with van der Waals surface area (Å²) in [6.45, 7) is 3.59. The molecular formula is C13H17N3O2. The zero-order valence-electron chi connectivity index (χ0n) is 10.4. The Hall–Kier alpha value is -1.80. The largest absolute Gasteiger partial charge is 0.477 e. The van der Waals surface area contributed by atoms with Gasteiger partial charge in [-0.2, -0.15) is 5.26 Å². The quantitative estimate of drug-likeness (QED) is 0.883. The fourth-order valence-corrected chi connectivity index (χ4v) is 2.53. The Bertz CT molecular complexity index is 467. The summed E-state index contributed by atoms with van der Waals surface area (Å²) in [6, 6.07) is 5.81. The molecule has 5 heteroatoms. The van der Waals surface area contributed by atoms with Gasteiger partial charge in [-0.15, -0.1) is 0 Å². The van der Waals surface area contributed by atoms with Crippen LogP contribution >= 0.6 is 0 Å². The second-order valence-corrected chi connectivity index (χ2v) is 4.68. The van der Waals surface area contributed by atoms with Gasteiger partial charge in [0.1, 0.15) is 5.69 Å². The average molecular weight is 247 g/mol. The summed E-state index contributed by atoms with van der Waals surface area (Å²) in [5, 5.41) is 18.0. The summed E-state index contributed by atoms with van der Waals surface area (Å²) in [5.74, 6) is -0.882. The number of carbonyl (C=O) groups is 1. The number of rotatable bonds is 3. The fraction of sp³-hybridized carbons (Fsp3) is 0.538. The normalized spacial score (nSPS) is 19.3. The van der Waals surface area contributed by atoms with E-state index >= 15 is 0 Å². The second kappa shape index (κ2) is 5.23. The Morgan fingerprint density at radius 3 is 2.78 bits per heavy atom. The number of carboxylic acid groups (broad SMARTS) is 1. The van der Waals surface area contributed by atoms with Crippen molar-refractivity contribution in [2.24, 2.45) is 0 Å². The molecule has 0 radical (unpaired) electrons. The summed E-state index contributed by atoms with van der Waals surface area (Å²) in [5.41, 5.74) is 0.349. The molecule has 0 saturated carbocycles. The van der Waals surface area contributed by atoms with Gasteiger partial charge < -0.3 is 9.67 Å². The van der Waals surface area contributed by atoms with Crippen LogP contribution in [0.15, 0.2) is 18.3 Å². The first-order valence-electron chi connectivity index (χ1n) is 6.17. The number of aromatic carboxylic acids is 1. The maximum absolute atomic E-state index is 11.1. The van der Waals surface area contributed by atoms with Gasteiger partial charge in [0.15, 0.2) is 0 Å². The maximum Gasteiger partial charge on any atom is 0.352 e. The molecule has 96 valence electrons. The Morgan fingerprint density at radius 2 is 2.22 bits per heavy atom. The van der Waals surface area contributed by atoms with E-state index in [4.69, 9.17) is 10.4 Å². The maximum atomic E-state index is 11.1. The Kier molecular flexibility index (Phi) is 3.68. The van der Waals surface area contributed by atoms with Crippen LogP contribution in [0, 0.1) is 11.3 Å². The summed E-state index contributed by atoms with van der Waals surface area (Å²) in [7, 11) is 0. The van der Waals surface area contributed by atoms with Crippen LogP contribution in [0.1, 0.15) is 36.3 Å². The summed E-state index contributed by atoms with van der Waals surface area (Å²) in [4.78, 5) is 13.2. The van der Waals surface area contributed by atoms with Crippen molar-refractivity contribution >= 4 is 5.97 Å². The first-order chi connectivity index (χ1) is 8.63. The van der Waals surface area contributed by atoms with Crippen LogP contribution in [0.4, 0.5) is 0 Å². The highest BCUT2D eigenvalue weighted by Gasteiger charge is 2.25. The van der Waals surface area contributed by atoms with Crippen LogP contribution in [-0.2, 0) is 0 Å². The van der Waals surface area contributed by atoms with E-state index < -0.39 is 5.97 Å². The molecule has 2 heterocycles. The number of aromatic nitrogens is 1. The van der Waals surface area contributed by atoms with Crippen molar-refractivity contribution in [2.75, 3.05) is 13.1 Å². The van der Waals surface area contributed by atoms with Crippen molar-refractivity contribution in [1.29, 1.82) is 5.26 Å². The van der Waals surface area contributed by atoms with Gasteiger partial charge in [0.25, 0.3) is 0 Å². The molecule has 0 amide bonds. The second-order valence-electron chi connectivity index (χ2n) is 4.68. The van der Waals surface area contributed by atoms with E-state index in [0.29, 0.717) is 5.69 Å². The highest BCUT2D eigenvalue weighted by molar-refractivity contribution is 5.85. The third kappa shape index (κ3) is 2.39. The molecule has 1 aliphatic rings. The van der Waals surface area contributed by atoms with Gasteiger partial charge in [-0.1, -0.05) is 0 Å². The van der Waals surface area contributed by atoms with E-state index in [2.05, 4.69) is 11.0 Å². The molecule has 1 unspecified atom stereocenters. The van der Waals surface area contributed by atoms with Gasteiger partial charge in [0.05, 0.1) is 12.1 Å². The van der Waals surface area contributed by atoms with E-state index in [1.807, 2.05) is 17.7 Å². The molecule has 1 aliphatic heterocycles. The minimum absolute atomic E-state index is 0.0606. The molecule has 0 aliphatic carbocycles. The van der Waals surface area contributed by atoms with Gasteiger partial charge in [0, 0.05) is 25.3 Å². The summed E-state index contributed by atoms with van der Waals surface area (Å²) < 4.78 is 1.84. The van der Waals surface area contributed by atoms with E-state index in [-0.39, 0.29) is 12.1 Å². The molecule has 18 heavy (non-hydrogen) atoms. The fourth-order valence-electron chi connectivity index (χ4n) is 2.53. The molecular weight excluding hydrogens is 230 g/mol. The van der Waals surface area contributed by atoms with Crippen LogP contribution in [0.2, 0.25) is 0 Å². The minimum atomic E-state index is -0.882. The lowest BCUT2D eigenvalue weighted by molar-refractivity contribution is 0.0677. The topological polar surface area (TPSA) is 69.3 Å². The first-order valence-corrected chi connectivity index (χ1v) is 6.17. The number of hydrogen-bond acceptors (Lipinski definition) is 3. The van der Waals surface area contributed by atoms with Crippen molar-refractivity contribution in [1.82, 2.24) is 9.47 Å². The molecule has 1 saturated heterocycles. The number of nitrogens with zero attached hydrogens (tertiary/aromatic N) is 3. The van der Waals surface area contributed by atoms with Crippen LogP contribution in [0.25, 0.3) is 0 Å². The summed E-state index contributed by atoms with van der Waals surface area (Å²) >= 11 is 0.